The molecular formula is C24H18F2N2O3. The average Bonchev–Trinajstić information content (AvgIpc) is 3.01. The molecule has 0 spiro atoms. The van der Waals surface area contributed by atoms with E-state index in [2.05, 4.69) is 4.98 Å². The molecule has 1 aliphatic heterocycles. The van der Waals surface area contributed by atoms with E-state index >= 15 is 0 Å². The number of carbonyl (C=O) groups excluding carboxylic acids is 2. The van der Waals surface area contributed by atoms with Crippen LogP contribution in [0.25, 0.3) is 5.76 Å². The van der Waals surface area contributed by atoms with Crippen LogP contribution in [0.5, 0.6) is 0 Å². The highest BCUT2D eigenvalue weighted by Gasteiger charge is 2.47. The van der Waals surface area contributed by atoms with Gasteiger partial charge in [0.25, 0.3) is 11.7 Å². The first-order valence-corrected chi connectivity index (χ1v) is 9.56. The first-order valence-electron chi connectivity index (χ1n) is 9.56. The second-order valence-electron chi connectivity index (χ2n) is 7.27. The monoisotopic (exact) mass is 420 g/mol. The number of nitrogens with zero attached hydrogens (tertiary/aromatic N) is 2. The molecule has 3 aromatic rings. The maximum Gasteiger partial charge on any atom is 0.295 e. The molecule has 156 valence electrons. The van der Waals surface area contributed by atoms with Gasteiger partial charge in [0.1, 0.15) is 17.4 Å². The van der Waals surface area contributed by atoms with Crippen LogP contribution >= 0.6 is 0 Å². The lowest BCUT2D eigenvalue weighted by atomic mass is 9.94. The largest absolute Gasteiger partial charge is 0.507 e. The van der Waals surface area contributed by atoms with Crippen molar-refractivity contribution in [3.8, 4) is 0 Å². The number of aliphatic hydroxyl groups is 1. The zero-order valence-electron chi connectivity index (χ0n) is 16.5. The number of pyridine rings is 1. The van der Waals surface area contributed by atoms with Crippen LogP contribution in [0.1, 0.15) is 28.3 Å². The number of halogens is 2. The lowest BCUT2D eigenvalue weighted by Crippen LogP contribution is -2.29. The highest BCUT2D eigenvalue weighted by molar-refractivity contribution is 6.46. The minimum absolute atomic E-state index is 0.0174. The van der Waals surface area contributed by atoms with E-state index in [1.165, 1.54) is 41.4 Å². The van der Waals surface area contributed by atoms with E-state index in [4.69, 9.17) is 0 Å². The van der Waals surface area contributed by atoms with E-state index in [1.807, 2.05) is 0 Å². The molecule has 31 heavy (non-hydrogen) atoms. The van der Waals surface area contributed by atoms with Crippen molar-refractivity contribution in [2.75, 3.05) is 0 Å². The van der Waals surface area contributed by atoms with E-state index in [9.17, 15) is 23.5 Å². The van der Waals surface area contributed by atoms with Gasteiger partial charge in [-0.25, -0.2) is 8.78 Å². The van der Waals surface area contributed by atoms with Crippen LogP contribution in [0.3, 0.4) is 0 Å². The number of hydrogen-bond acceptors (Lipinski definition) is 4. The number of Topliss-reactive ketones (excluding diaryl/α,β-unsaturated/α-hetero) is 1. The number of rotatable bonds is 4. The summed E-state index contributed by atoms with van der Waals surface area (Å²) in [6.45, 7) is 1.54. The van der Waals surface area contributed by atoms with E-state index in [0.717, 1.165) is 6.07 Å². The summed E-state index contributed by atoms with van der Waals surface area (Å²) in [4.78, 5) is 31.0. The molecule has 7 heteroatoms. The number of benzene rings is 2. The highest BCUT2D eigenvalue weighted by Crippen LogP contribution is 2.41. The Bertz CT molecular complexity index is 1210. The van der Waals surface area contributed by atoms with Gasteiger partial charge in [-0.15, -0.1) is 0 Å². The number of aryl methyl sites for hydroxylation is 1. The van der Waals surface area contributed by atoms with Gasteiger partial charge in [0.05, 0.1) is 11.6 Å². The number of hydrogen-bond donors (Lipinski definition) is 1. The number of aromatic nitrogens is 1. The summed E-state index contributed by atoms with van der Waals surface area (Å²) in [6.07, 6.45) is 3.10. The van der Waals surface area contributed by atoms with Gasteiger partial charge in [-0.3, -0.25) is 14.6 Å². The maximum atomic E-state index is 14.7. The van der Waals surface area contributed by atoms with Crippen molar-refractivity contribution < 1.29 is 23.5 Å². The van der Waals surface area contributed by atoms with Crippen molar-refractivity contribution in [2.24, 2.45) is 0 Å². The Hall–Kier alpha value is -3.87. The summed E-state index contributed by atoms with van der Waals surface area (Å²) < 4.78 is 28.8. The van der Waals surface area contributed by atoms with Gasteiger partial charge in [-0.05, 0) is 36.2 Å². The van der Waals surface area contributed by atoms with Crippen LogP contribution < -0.4 is 0 Å². The normalized spacial score (nSPS) is 17.9. The molecule has 0 bridgehead atoms. The summed E-state index contributed by atoms with van der Waals surface area (Å²) in [6, 6.07) is 11.9. The fraction of sp³-hybridized carbons (Fsp3) is 0.125. The van der Waals surface area contributed by atoms with E-state index in [-0.39, 0.29) is 23.2 Å². The van der Waals surface area contributed by atoms with Crippen LogP contribution in [0, 0.1) is 18.6 Å². The number of aliphatic hydroxyl groups excluding tert-OH is 1. The first kappa shape index (κ1) is 20.4. The van der Waals surface area contributed by atoms with Crippen LogP contribution in [0.2, 0.25) is 0 Å². The molecule has 1 aliphatic rings. The third kappa shape index (κ3) is 3.70. The van der Waals surface area contributed by atoms with Crippen LogP contribution in [-0.2, 0) is 16.1 Å². The van der Waals surface area contributed by atoms with Gasteiger partial charge in [0.2, 0.25) is 0 Å². The van der Waals surface area contributed by atoms with Crippen molar-refractivity contribution in [1.82, 2.24) is 9.88 Å². The second kappa shape index (κ2) is 8.10. The quantitative estimate of drug-likeness (QED) is 0.388. The minimum Gasteiger partial charge on any atom is -0.507 e. The van der Waals surface area contributed by atoms with Crippen LogP contribution in [-0.4, -0.2) is 26.7 Å². The molecule has 0 radical (unpaired) electrons. The summed E-state index contributed by atoms with van der Waals surface area (Å²) in [7, 11) is 0. The molecule has 1 N–H and O–H groups in total. The SMILES string of the molecule is Cc1ccc(/C(O)=C2/C(=O)C(=O)N(Cc3cccnc3)C2c2ccccc2F)cc1F. The molecule has 2 aromatic carbocycles. The minimum atomic E-state index is -1.18. The Labute approximate surface area is 177 Å². The molecule has 0 saturated carbocycles. The van der Waals surface area contributed by atoms with Crippen molar-refractivity contribution in [2.45, 2.75) is 19.5 Å². The van der Waals surface area contributed by atoms with Crippen LogP contribution in [0.15, 0.2) is 72.6 Å². The van der Waals surface area contributed by atoms with E-state index in [0.29, 0.717) is 11.1 Å². The van der Waals surface area contributed by atoms with Crippen molar-refractivity contribution in [3.05, 3.63) is 106 Å². The number of likely N-dealkylation sites (tertiary alicyclic amines) is 1. The van der Waals surface area contributed by atoms with Crippen molar-refractivity contribution in [1.29, 1.82) is 0 Å². The maximum absolute atomic E-state index is 14.7. The van der Waals surface area contributed by atoms with E-state index < -0.39 is 35.1 Å². The lowest BCUT2D eigenvalue weighted by molar-refractivity contribution is -0.140. The topological polar surface area (TPSA) is 70.5 Å². The Morgan fingerprint density at radius 3 is 2.52 bits per heavy atom. The molecule has 5 nitrogen and oxygen atoms in total. The zero-order valence-corrected chi connectivity index (χ0v) is 16.5. The molecular weight excluding hydrogens is 402 g/mol. The molecule has 0 aliphatic carbocycles. The van der Waals surface area contributed by atoms with Gasteiger partial charge >= 0.3 is 0 Å². The number of ketones is 1. The highest BCUT2D eigenvalue weighted by atomic mass is 19.1. The molecule has 1 aromatic heterocycles. The number of carbonyl (C=O) groups is 2. The smallest absolute Gasteiger partial charge is 0.295 e. The molecule has 1 amide bonds. The molecule has 1 saturated heterocycles. The number of amides is 1. The van der Waals surface area contributed by atoms with Crippen LogP contribution in [0.4, 0.5) is 8.78 Å². The third-order valence-electron chi connectivity index (χ3n) is 5.26. The first-order chi connectivity index (χ1) is 14.9. The Morgan fingerprint density at radius 2 is 1.84 bits per heavy atom. The Morgan fingerprint density at radius 1 is 1.06 bits per heavy atom. The van der Waals surface area contributed by atoms with E-state index in [1.54, 1.807) is 31.3 Å². The zero-order chi connectivity index (χ0) is 22.1. The van der Waals surface area contributed by atoms with Gasteiger partial charge in [-0.2, -0.15) is 0 Å². The summed E-state index contributed by atoms with van der Waals surface area (Å²) in [5.74, 6) is -3.61. The fourth-order valence-electron chi connectivity index (χ4n) is 3.65. The van der Waals surface area contributed by atoms with Crippen molar-refractivity contribution >= 4 is 17.4 Å². The summed E-state index contributed by atoms with van der Waals surface area (Å²) in [5.41, 5.74) is 0.789. The molecule has 4 rings (SSSR count). The molecule has 1 unspecified atom stereocenters. The van der Waals surface area contributed by atoms with Gasteiger partial charge < -0.3 is 10.0 Å². The van der Waals surface area contributed by atoms with Crippen molar-refractivity contribution in [3.63, 3.8) is 0 Å². The summed E-state index contributed by atoms with van der Waals surface area (Å²) >= 11 is 0. The molecule has 1 fully saturated rings. The predicted molar refractivity (Wildman–Crippen MR) is 110 cm³/mol. The van der Waals surface area contributed by atoms with Gasteiger partial charge in [0.15, 0.2) is 0 Å². The predicted octanol–water partition coefficient (Wildman–Crippen LogP) is 4.29. The standard InChI is InChI=1S/C24H18F2N2O3/c1-14-8-9-16(11-19(14)26)22(29)20-21(17-6-2-3-7-18(17)25)28(24(31)23(20)30)13-15-5-4-10-27-12-15/h2-12,21,29H,13H2,1H3/b22-20-. The molecule has 2 heterocycles. The average molecular weight is 420 g/mol. The second-order valence-corrected chi connectivity index (χ2v) is 7.27. The fourth-order valence-corrected chi connectivity index (χ4v) is 3.65. The Kier molecular flexibility index (Phi) is 5.33. The third-order valence-corrected chi connectivity index (χ3v) is 5.26. The van der Waals surface area contributed by atoms with Gasteiger partial charge in [-0.1, -0.05) is 36.4 Å². The van der Waals surface area contributed by atoms with Gasteiger partial charge in [0, 0.05) is 30.1 Å². The lowest BCUT2D eigenvalue weighted by Gasteiger charge is -2.25. The summed E-state index contributed by atoms with van der Waals surface area (Å²) in [5, 5.41) is 10.9. The molecule has 1 atom stereocenters. The Balaban J connectivity index is 1.90.